The second-order valence-corrected chi connectivity index (χ2v) is 8.83. The number of fused-ring (bicyclic) bond motifs is 1. The van der Waals surface area contributed by atoms with E-state index in [2.05, 4.69) is 34.0 Å². The van der Waals surface area contributed by atoms with E-state index in [4.69, 9.17) is 20.7 Å². The maximum atomic E-state index is 11.4. The number of aliphatic hydroxyl groups is 1. The Morgan fingerprint density at radius 3 is 2.28 bits per heavy atom. The molecule has 5 N–H and O–H groups in total. The maximum absolute atomic E-state index is 11.4. The van der Waals surface area contributed by atoms with E-state index in [9.17, 15) is 9.59 Å². The number of carboxylic acid groups (broad SMARTS) is 1. The van der Waals surface area contributed by atoms with E-state index >= 15 is 0 Å². The number of hydrogen-bond donors (Lipinski definition) is 4. The van der Waals surface area contributed by atoms with Crippen LogP contribution in [-0.2, 0) is 16.3 Å². The Kier molecular flexibility index (Phi) is 17.8. The largest absolute Gasteiger partial charge is 0.481 e. The highest BCUT2D eigenvalue weighted by Gasteiger charge is 2.08. The lowest BCUT2D eigenvalue weighted by molar-refractivity contribution is -0.137. The van der Waals surface area contributed by atoms with Gasteiger partial charge in [-0.05, 0) is 32.1 Å². The molecule has 36 heavy (non-hydrogen) atoms. The predicted octanol–water partition coefficient (Wildman–Crippen LogP) is 4.78. The van der Waals surface area contributed by atoms with Crippen LogP contribution in [0.25, 0.3) is 11.2 Å². The summed E-state index contributed by atoms with van der Waals surface area (Å²) in [6, 6.07) is 0. The highest BCUT2D eigenvalue weighted by atomic mass is 16.5. The highest BCUT2D eigenvalue weighted by Crippen LogP contribution is 2.10. The first-order valence-electron chi connectivity index (χ1n) is 13.3. The number of allylic oxidation sites excluding steroid dienone is 2. The van der Waals surface area contributed by atoms with Crippen molar-refractivity contribution in [3.05, 3.63) is 28.8 Å². The Labute approximate surface area is 214 Å². The number of hydrogen-bond acceptors (Lipinski definition) is 7. The normalized spacial score (nSPS) is 11.2. The van der Waals surface area contributed by atoms with E-state index in [-0.39, 0.29) is 37.0 Å². The topological polar surface area (TPSA) is 156 Å². The fourth-order valence-corrected chi connectivity index (χ4v) is 3.64. The van der Waals surface area contributed by atoms with Gasteiger partial charge in [0.2, 0.25) is 5.95 Å². The zero-order chi connectivity index (χ0) is 26.4. The Morgan fingerprint density at radius 1 is 1.06 bits per heavy atom. The fourth-order valence-electron chi connectivity index (χ4n) is 3.64. The van der Waals surface area contributed by atoms with Gasteiger partial charge < -0.3 is 20.7 Å². The van der Waals surface area contributed by atoms with E-state index in [0.717, 1.165) is 12.8 Å². The Morgan fingerprint density at radius 2 is 1.67 bits per heavy atom. The smallest absolute Gasteiger partial charge is 0.303 e. The molecule has 0 amide bonds. The third-order valence-electron chi connectivity index (χ3n) is 5.61. The van der Waals surface area contributed by atoms with Gasteiger partial charge in [-0.1, -0.05) is 70.4 Å². The number of aromatic nitrogens is 4. The fraction of sp³-hybridized carbons (Fsp3) is 0.692. The van der Waals surface area contributed by atoms with E-state index < -0.39 is 5.97 Å². The minimum absolute atomic E-state index is 0.0291. The molecule has 0 aliphatic heterocycles. The molecule has 2 aromatic heterocycles. The van der Waals surface area contributed by atoms with Crippen molar-refractivity contribution < 1.29 is 19.7 Å². The summed E-state index contributed by atoms with van der Waals surface area (Å²) < 4.78 is 6.63. The molecule has 0 bridgehead atoms. The minimum Gasteiger partial charge on any atom is -0.481 e. The molecule has 0 unspecified atom stereocenters. The van der Waals surface area contributed by atoms with Crippen LogP contribution in [0.15, 0.2) is 23.3 Å². The van der Waals surface area contributed by atoms with Crippen molar-refractivity contribution >= 4 is 23.1 Å². The zero-order valence-corrected chi connectivity index (χ0v) is 21.8. The molecule has 204 valence electrons. The number of nitrogens with two attached hydrogens (primary N) is 1. The summed E-state index contributed by atoms with van der Waals surface area (Å²) in [4.78, 5) is 31.9. The zero-order valence-electron chi connectivity index (χ0n) is 21.8. The first-order chi connectivity index (χ1) is 17.5. The van der Waals surface area contributed by atoms with Crippen LogP contribution in [0.3, 0.4) is 0 Å². The number of rotatable bonds is 19. The highest BCUT2D eigenvalue weighted by molar-refractivity contribution is 5.70. The summed E-state index contributed by atoms with van der Waals surface area (Å²) in [7, 11) is 0. The lowest BCUT2D eigenvalue weighted by atomic mass is 10.1. The SMILES string of the molecule is CCCCCCCC/C=C\CCCCCCCC(=O)O.Nc1nc2c(ncn2COCCO)c(=O)[nH]1. The summed E-state index contributed by atoms with van der Waals surface area (Å²) in [5, 5.41) is 17.1. The standard InChI is InChI=1S/C18H34O2.C8H11N5O3/c1-2-3-4-5-6-7-8-9-10-11-12-13-14-15-16-17-18(19)20;9-8-11-6-5(7(15)12-8)10-3-13(6)4-16-2-1-14/h9-10H,2-8,11-17H2,1H3,(H,19,20);3,14H,1-2,4H2,(H3,9,11,12,15)/b10-9-;. The molecule has 2 heterocycles. The molecule has 0 atom stereocenters. The van der Waals surface area contributed by atoms with Crippen LogP contribution in [0.1, 0.15) is 96.8 Å². The number of nitrogens with zero attached hydrogens (tertiary/aromatic N) is 3. The van der Waals surface area contributed by atoms with Gasteiger partial charge in [-0.25, -0.2) is 4.98 Å². The van der Waals surface area contributed by atoms with Gasteiger partial charge in [-0.2, -0.15) is 4.98 Å². The molecule has 0 aliphatic carbocycles. The molecule has 2 aromatic rings. The molecule has 0 fully saturated rings. The Hall–Kier alpha value is -2.72. The van der Waals surface area contributed by atoms with Crippen LogP contribution in [0, 0.1) is 0 Å². The van der Waals surface area contributed by atoms with Gasteiger partial charge in [0.05, 0.1) is 19.5 Å². The van der Waals surface area contributed by atoms with E-state index in [1.54, 1.807) is 0 Å². The summed E-state index contributed by atoms with van der Waals surface area (Å²) in [5.74, 6) is -0.635. The number of ether oxygens (including phenoxy) is 1. The van der Waals surface area contributed by atoms with Crippen LogP contribution >= 0.6 is 0 Å². The first kappa shape index (κ1) is 31.3. The molecule has 0 radical (unpaired) electrons. The van der Waals surface area contributed by atoms with Gasteiger partial charge in [0.15, 0.2) is 11.2 Å². The van der Waals surface area contributed by atoms with Crippen LogP contribution < -0.4 is 11.3 Å². The third kappa shape index (κ3) is 14.6. The number of imidazole rings is 1. The number of unbranched alkanes of at least 4 members (excludes halogenated alkanes) is 11. The number of aromatic amines is 1. The predicted molar refractivity (Wildman–Crippen MR) is 143 cm³/mol. The van der Waals surface area contributed by atoms with Crippen molar-refractivity contribution in [1.29, 1.82) is 0 Å². The Bertz CT molecular complexity index is 925. The summed E-state index contributed by atoms with van der Waals surface area (Å²) >= 11 is 0. The quantitative estimate of drug-likeness (QED) is 0.156. The van der Waals surface area contributed by atoms with Gasteiger partial charge in [0.1, 0.15) is 6.73 Å². The van der Waals surface area contributed by atoms with Gasteiger partial charge in [-0.15, -0.1) is 0 Å². The second-order valence-electron chi connectivity index (χ2n) is 8.83. The number of aliphatic carboxylic acids is 1. The molecule has 0 saturated heterocycles. The van der Waals surface area contributed by atoms with Gasteiger partial charge >= 0.3 is 5.97 Å². The van der Waals surface area contributed by atoms with Crippen LogP contribution in [0.5, 0.6) is 0 Å². The van der Waals surface area contributed by atoms with Gasteiger partial charge in [0, 0.05) is 6.42 Å². The molecule has 2 rings (SSSR count). The van der Waals surface area contributed by atoms with Gasteiger partial charge in [-0.3, -0.25) is 19.1 Å². The number of H-pyrrole nitrogens is 1. The minimum atomic E-state index is -0.664. The van der Waals surface area contributed by atoms with Crippen molar-refractivity contribution in [2.45, 2.75) is 104 Å². The lowest BCUT2D eigenvalue weighted by Crippen LogP contribution is -2.13. The monoisotopic (exact) mass is 507 g/mol. The third-order valence-corrected chi connectivity index (χ3v) is 5.61. The maximum Gasteiger partial charge on any atom is 0.303 e. The average molecular weight is 508 g/mol. The first-order valence-corrected chi connectivity index (χ1v) is 13.3. The molecule has 10 nitrogen and oxygen atoms in total. The molecule has 0 spiro atoms. The van der Waals surface area contributed by atoms with Crippen molar-refractivity contribution in [3.63, 3.8) is 0 Å². The summed E-state index contributed by atoms with van der Waals surface area (Å²) in [6.07, 6.45) is 22.7. The van der Waals surface area contributed by atoms with Crippen molar-refractivity contribution in [3.8, 4) is 0 Å². The van der Waals surface area contributed by atoms with Crippen molar-refractivity contribution in [1.82, 2.24) is 19.5 Å². The van der Waals surface area contributed by atoms with Crippen LogP contribution in [0.4, 0.5) is 5.95 Å². The number of nitrogen functional groups attached to an aromatic ring is 1. The molecule has 10 heteroatoms. The van der Waals surface area contributed by atoms with Crippen molar-refractivity contribution in [2.75, 3.05) is 18.9 Å². The van der Waals surface area contributed by atoms with Crippen LogP contribution in [0.2, 0.25) is 0 Å². The molecule has 0 aliphatic rings. The second kappa shape index (κ2) is 20.5. The Balaban J connectivity index is 0.000000367. The van der Waals surface area contributed by atoms with E-state index in [0.29, 0.717) is 12.1 Å². The van der Waals surface area contributed by atoms with E-state index in [1.165, 1.54) is 81.5 Å². The number of anilines is 1. The number of aliphatic hydroxyl groups excluding tert-OH is 1. The summed E-state index contributed by atoms with van der Waals surface area (Å²) in [6.45, 7) is 2.56. The summed E-state index contributed by atoms with van der Waals surface area (Å²) in [5.41, 5.74) is 5.60. The van der Waals surface area contributed by atoms with Gasteiger partial charge in [0.25, 0.3) is 5.56 Å². The number of nitrogens with one attached hydrogen (secondary N) is 1. The number of carbonyl (C=O) groups is 1. The molecular formula is C26H45N5O5. The van der Waals surface area contributed by atoms with Crippen molar-refractivity contribution in [2.24, 2.45) is 0 Å². The molecule has 0 aromatic carbocycles. The van der Waals surface area contributed by atoms with E-state index in [1.807, 2.05) is 0 Å². The van der Waals surface area contributed by atoms with Crippen LogP contribution in [-0.4, -0.2) is 48.9 Å². The molecular weight excluding hydrogens is 462 g/mol. The lowest BCUT2D eigenvalue weighted by Gasteiger charge is -2.03. The number of carboxylic acids is 1. The average Bonchev–Trinajstić information content (AvgIpc) is 3.25. The molecule has 0 saturated carbocycles.